The number of rotatable bonds is 15. The molecule has 0 aliphatic heterocycles. The Morgan fingerprint density at radius 1 is 0.607 bits per heavy atom. The van der Waals surface area contributed by atoms with Gasteiger partial charge < -0.3 is 10.2 Å². The Bertz CT molecular complexity index is 624. The summed E-state index contributed by atoms with van der Waals surface area (Å²) >= 11 is 3.33. The molecule has 0 fully saturated rings. The van der Waals surface area contributed by atoms with E-state index in [1.807, 2.05) is 0 Å². The summed E-state index contributed by atoms with van der Waals surface area (Å²) in [6.07, 6.45) is 13.3. The lowest BCUT2D eigenvalue weighted by Gasteiger charge is -2.02. The van der Waals surface area contributed by atoms with E-state index in [0.29, 0.717) is 0 Å². The number of aliphatic hydroxyl groups excluding tert-OH is 2. The zero-order chi connectivity index (χ0) is 20.2. The molecule has 6 heteroatoms. The maximum absolute atomic E-state index is 9.25. The monoisotopic (exact) mass is 426 g/mol. The van der Waals surface area contributed by atoms with Gasteiger partial charge >= 0.3 is 0 Å². The van der Waals surface area contributed by atoms with Crippen LogP contribution in [0.1, 0.15) is 85.4 Å². The molecular formula is C22H38N2O2S2+2. The van der Waals surface area contributed by atoms with Crippen molar-refractivity contribution in [2.75, 3.05) is 0 Å². The molecule has 2 aromatic rings. The van der Waals surface area contributed by atoms with Crippen molar-refractivity contribution < 1.29 is 19.3 Å². The van der Waals surface area contributed by atoms with Gasteiger partial charge in [-0.3, -0.25) is 0 Å². The van der Waals surface area contributed by atoms with Crippen molar-refractivity contribution in [2.45, 2.75) is 104 Å². The molecule has 0 aromatic carbocycles. The highest BCUT2D eigenvalue weighted by molar-refractivity contribution is 7.09. The van der Waals surface area contributed by atoms with Crippen molar-refractivity contribution in [3.63, 3.8) is 0 Å². The molecule has 0 atom stereocenters. The van der Waals surface area contributed by atoms with Gasteiger partial charge in [-0.25, -0.2) is 0 Å². The summed E-state index contributed by atoms with van der Waals surface area (Å²) in [6, 6.07) is 0. The summed E-state index contributed by atoms with van der Waals surface area (Å²) < 4.78 is 4.58. The molecule has 0 amide bonds. The molecule has 0 saturated carbocycles. The van der Waals surface area contributed by atoms with Gasteiger partial charge in [-0.15, -0.1) is 0 Å². The van der Waals surface area contributed by atoms with E-state index in [0.717, 1.165) is 22.8 Å². The number of unbranched alkanes of at least 4 members (excludes halogenated alkanes) is 9. The summed E-state index contributed by atoms with van der Waals surface area (Å²) in [5, 5.41) is 18.5. The highest BCUT2D eigenvalue weighted by atomic mass is 32.1. The standard InChI is InChI=1S/C22H38N2O2S2/c1-19-21(15-25)27-17-23(19)13-11-9-7-5-3-4-6-8-10-12-14-24-18-28-22(16-26)20(24)2/h17-18,25-26H,3-16H2,1-2H3/q+2. The summed E-state index contributed by atoms with van der Waals surface area (Å²) in [5.41, 5.74) is 6.75. The molecule has 2 heterocycles. The Kier molecular flexibility index (Phi) is 11.2. The lowest BCUT2D eigenvalue weighted by atomic mass is 10.1. The normalized spacial score (nSPS) is 11.4. The molecule has 0 bridgehead atoms. The number of nitrogens with zero attached hydrogens (tertiary/aromatic N) is 2. The third kappa shape index (κ3) is 7.54. The first kappa shape index (κ1) is 23.5. The van der Waals surface area contributed by atoms with Crippen molar-refractivity contribution in [3.8, 4) is 0 Å². The van der Waals surface area contributed by atoms with E-state index in [1.54, 1.807) is 22.7 Å². The minimum absolute atomic E-state index is 0.167. The van der Waals surface area contributed by atoms with Crippen LogP contribution < -0.4 is 9.13 Å². The average molecular weight is 427 g/mol. The molecule has 0 saturated heterocycles. The smallest absolute Gasteiger partial charge is 0.225 e. The first-order chi connectivity index (χ1) is 13.7. The lowest BCUT2D eigenvalue weighted by molar-refractivity contribution is -0.698. The Balaban J connectivity index is 1.39. The zero-order valence-corrected chi connectivity index (χ0v) is 19.3. The van der Waals surface area contributed by atoms with Crippen LogP contribution in [0.15, 0.2) is 11.0 Å². The number of hydrogen-bond donors (Lipinski definition) is 2. The van der Waals surface area contributed by atoms with Crippen LogP contribution in [0.4, 0.5) is 0 Å². The second-order valence-electron chi connectivity index (χ2n) is 7.70. The molecular weight excluding hydrogens is 388 g/mol. The fraction of sp³-hybridized carbons (Fsp3) is 0.727. The summed E-state index contributed by atoms with van der Waals surface area (Å²) in [6.45, 7) is 6.72. The molecule has 28 heavy (non-hydrogen) atoms. The van der Waals surface area contributed by atoms with E-state index >= 15 is 0 Å². The highest BCUT2D eigenvalue weighted by Gasteiger charge is 2.14. The van der Waals surface area contributed by atoms with E-state index in [2.05, 4.69) is 34.0 Å². The van der Waals surface area contributed by atoms with Crippen LogP contribution in [-0.2, 0) is 26.3 Å². The van der Waals surface area contributed by atoms with E-state index in [4.69, 9.17) is 0 Å². The Morgan fingerprint density at radius 2 is 0.929 bits per heavy atom. The predicted molar refractivity (Wildman–Crippen MR) is 117 cm³/mol. The van der Waals surface area contributed by atoms with Crippen molar-refractivity contribution in [3.05, 3.63) is 32.2 Å². The van der Waals surface area contributed by atoms with Gasteiger partial charge in [-0.05, 0) is 12.8 Å². The number of thiazole rings is 2. The van der Waals surface area contributed by atoms with Crippen LogP contribution in [0, 0.1) is 13.8 Å². The van der Waals surface area contributed by atoms with E-state index in [1.165, 1.54) is 75.6 Å². The molecule has 0 aliphatic rings. The van der Waals surface area contributed by atoms with Gasteiger partial charge in [-0.1, -0.05) is 61.2 Å². The SMILES string of the molecule is Cc1c(CO)sc[n+]1CCCCCCCCCCCC[n+]1csc(CO)c1C. The van der Waals surface area contributed by atoms with Crippen LogP contribution in [0.2, 0.25) is 0 Å². The second-order valence-corrected chi connectivity index (χ2v) is 9.58. The van der Waals surface area contributed by atoms with Gasteiger partial charge in [0.15, 0.2) is 11.4 Å². The van der Waals surface area contributed by atoms with Crippen LogP contribution in [0.25, 0.3) is 0 Å². The third-order valence-electron chi connectivity index (χ3n) is 5.65. The highest BCUT2D eigenvalue weighted by Crippen LogP contribution is 2.14. The third-order valence-corrected chi connectivity index (χ3v) is 7.79. The molecule has 0 radical (unpaired) electrons. The van der Waals surface area contributed by atoms with Crippen LogP contribution in [0.3, 0.4) is 0 Å². The fourth-order valence-electron chi connectivity index (χ4n) is 3.63. The number of hydrogen-bond acceptors (Lipinski definition) is 4. The average Bonchev–Trinajstić information content (AvgIpc) is 3.24. The predicted octanol–water partition coefficient (Wildman–Crippen LogP) is 4.59. The summed E-state index contributed by atoms with van der Waals surface area (Å²) in [5.74, 6) is 0. The van der Waals surface area contributed by atoms with E-state index in [9.17, 15) is 10.2 Å². The first-order valence-electron chi connectivity index (χ1n) is 10.8. The molecule has 2 N–H and O–H groups in total. The molecule has 158 valence electrons. The van der Waals surface area contributed by atoms with E-state index in [-0.39, 0.29) is 13.2 Å². The second kappa shape index (κ2) is 13.4. The number of aryl methyl sites for hydroxylation is 2. The maximum atomic E-state index is 9.25. The molecule has 0 unspecified atom stereocenters. The van der Waals surface area contributed by atoms with E-state index < -0.39 is 0 Å². The van der Waals surface area contributed by atoms with Gasteiger partial charge in [-0.2, -0.15) is 9.13 Å². The zero-order valence-electron chi connectivity index (χ0n) is 17.7. The topological polar surface area (TPSA) is 48.2 Å². The van der Waals surface area contributed by atoms with Gasteiger partial charge in [0.05, 0.1) is 13.2 Å². The maximum Gasteiger partial charge on any atom is 0.225 e. The van der Waals surface area contributed by atoms with Crippen LogP contribution in [0.5, 0.6) is 0 Å². The molecule has 0 aliphatic carbocycles. The Hall–Kier alpha value is -0.820. The Labute approximate surface area is 178 Å². The lowest BCUT2D eigenvalue weighted by Crippen LogP contribution is -2.34. The molecule has 2 aromatic heterocycles. The van der Waals surface area contributed by atoms with Gasteiger partial charge in [0.2, 0.25) is 11.0 Å². The van der Waals surface area contributed by atoms with Gasteiger partial charge in [0.1, 0.15) is 22.8 Å². The quantitative estimate of drug-likeness (QED) is 0.323. The van der Waals surface area contributed by atoms with Crippen molar-refractivity contribution >= 4 is 22.7 Å². The summed E-state index contributed by atoms with van der Waals surface area (Å²) in [7, 11) is 0. The molecule has 2 rings (SSSR count). The van der Waals surface area contributed by atoms with Crippen molar-refractivity contribution in [2.24, 2.45) is 0 Å². The largest absolute Gasteiger partial charge is 0.391 e. The number of aliphatic hydroxyl groups is 2. The minimum atomic E-state index is 0.167. The van der Waals surface area contributed by atoms with Crippen molar-refractivity contribution in [1.82, 2.24) is 0 Å². The fourth-order valence-corrected chi connectivity index (χ4v) is 5.39. The van der Waals surface area contributed by atoms with Crippen molar-refractivity contribution in [1.29, 1.82) is 0 Å². The minimum Gasteiger partial charge on any atom is -0.391 e. The first-order valence-corrected chi connectivity index (χ1v) is 12.6. The molecule has 0 spiro atoms. The number of aromatic nitrogens is 2. The molecule has 4 nitrogen and oxygen atoms in total. The van der Waals surface area contributed by atoms with Crippen LogP contribution >= 0.6 is 22.7 Å². The summed E-state index contributed by atoms with van der Waals surface area (Å²) in [4.78, 5) is 2.19. The van der Waals surface area contributed by atoms with Crippen LogP contribution in [-0.4, -0.2) is 10.2 Å². The van der Waals surface area contributed by atoms with Gasteiger partial charge in [0, 0.05) is 26.7 Å². The van der Waals surface area contributed by atoms with Gasteiger partial charge in [0.25, 0.3) is 0 Å². The Morgan fingerprint density at radius 3 is 1.21 bits per heavy atom.